The standard InChI is InChI=1S/C41H69O9P/c1-3-5-7-9-11-13-14-15-16-17-18-20-22-24-30-34-41(43)49-37(36-48-51(44,45)46)35-47-40(42)33-29-26-25-28-32-39-38(50-39)31-27-23-21-19-12-10-8-6-4-2/h11-13,15-16,19,23,25,27-28,37-39H,3-10,14,17-18,20-22,24,26,29-36H2,1-2H3,(H2,44,45,46)/b13-11-,16-15-,19-12-,27-23-,28-25-/t37-,38?,39?/m1/s1. The Kier molecular flexibility index (Phi) is 29.7. The zero-order chi connectivity index (χ0) is 37.3. The number of allylic oxidation sites excluding steroid dienone is 8. The van der Waals surface area contributed by atoms with Crippen LogP contribution in [-0.2, 0) is 32.9 Å². The van der Waals surface area contributed by atoms with Crippen molar-refractivity contribution in [2.75, 3.05) is 13.2 Å². The quantitative estimate of drug-likeness (QED) is 0.0218. The fraction of sp³-hybridized carbons (Fsp3) is 0.707. The highest BCUT2D eigenvalue weighted by molar-refractivity contribution is 7.46. The van der Waals surface area contributed by atoms with Crippen molar-refractivity contribution in [3.05, 3.63) is 60.8 Å². The molecule has 2 N–H and O–H groups in total. The maximum absolute atomic E-state index is 12.4. The molecule has 2 unspecified atom stereocenters. The van der Waals surface area contributed by atoms with Crippen LogP contribution in [0.3, 0.4) is 0 Å². The predicted octanol–water partition coefficient (Wildman–Crippen LogP) is 10.7. The van der Waals surface area contributed by atoms with Crippen molar-refractivity contribution in [2.45, 2.75) is 173 Å². The first-order chi connectivity index (χ1) is 24.7. The molecule has 0 bridgehead atoms. The van der Waals surface area contributed by atoms with Gasteiger partial charge >= 0.3 is 19.8 Å². The number of carbonyl (C=O) groups is 2. The van der Waals surface area contributed by atoms with Gasteiger partial charge in [0.1, 0.15) is 6.61 Å². The van der Waals surface area contributed by atoms with E-state index in [1.807, 2.05) is 6.08 Å². The second-order valence-electron chi connectivity index (χ2n) is 13.3. The van der Waals surface area contributed by atoms with E-state index < -0.39 is 32.5 Å². The van der Waals surface area contributed by atoms with E-state index in [0.717, 1.165) is 70.6 Å². The highest BCUT2D eigenvalue weighted by atomic mass is 31.2. The minimum Gasteiger partial charge on any atom is -0.462 e. The molecule has 1 aliphatic heterocycles. The number of esters is 2. The number of ether oxygens (including phenoxy) is 3. The Morgan fingerprint density at radius 1 is 0.608 bits per heavy atom. The lowest BCUT2D eigenvalue weighted by molar-refractivity contribution is -0.161. The van der Waals surface area contributed by atoms with Crippen LogP contribution in [0, 0.1) is 0 Å². The van der Waals surface area contributed by atoms with Gasteiger partial charge in [-0.1, -0.05) is 120 Å². The largest absolute Gasteiger partial charge is 0.469 e. The van der Waals surface area contributed by atoms with Gasteiger partial charge in [0.25, 0.3) is 0 Å². The maximum atomic E-state index is 12.4. The summed E-state index contributed by atoms with van der Waals surface area (Å²) < 4.78 is 32.0. The Morgan fingerprint density at radius 2 is 1.08 bits per heavy atom. The van der Waals surface area contributed by atoms with Gasteiger partial charge in [-0.05, 0) is 83.5 Å². The molecule has 1 aliphatic rings. The summed E-state index contributed by atoms with van der Waals surface area (Å²) >= 11 is 0. The molecule has 0 spiro atoms. The SMILES string of the molecule is CCCCC/C=C\C/C=C\CCCCCCCC(=O)O[C@H](COC(=O)CCC/C=C\CC1OC1C/C=C\C/C=C\CCCCC)COP(=O)(O)O. The summed E-state index contributed by atoms with van der Waals surface area (Å²) in [5.41, 5.74) is 0. The summed E-state index contributed by atoms with van der Waals surface area (Å²) in [6.45, 7) is 3.54. The molecule has 1 heterocycles. The number of carbonyl (C=O) groups excluding carboxylic acids is 2. The first-order valence-corrected chi connectivity index (χ1v) is 21.2. The van der Waals surface area contributed by atoms with Gasteiger partial charge in [-0.3, -0.25) is 14.1 Å². The smallest absolute Gasteiger partial charge is 0.462 e. The van der Waals surface area contributed by atoms with Gasteiger partial charge in [-0.15, -0.1) is 0 Å². The second kappa shape index (κ2) is 32.4. The van der Waals surface area contributed by atoms with Crippen LogP contribution in [-0.4, -0.2) is 53.3 Å². The molecule has 292 valence electrons. The molecule has 0 aromatic heterocycles. The Hall–Kier alpha value is -2.29. The van der Waals surface area contributed by atoms with Gasteiger partial charge in [-0.2, -0.15) is 0 Å². The molecule has 0 aliphatic carbocycles. The second-order valence-corrected chi connectivity index (χ2v) is 14.5. The molecule has 9 nitrogen and oxygen atoms in total. The van der Waals surface area contributed by atoms with Crippen LogP contribution in [0.1, 0.15) is 155 Å². The lowest BCUT2D eigenvalue weighted by Crippen LogP contribution is -2.29. The van der Waals surface area contributed by atoms with E-state index in [1.54, 1.807) is 0 Å². The van der Waals surface area contributed by atoms with Crippen LogP contribution < -0.4 is 0 Å². The number of hydrogen-bond donors (Lipinski definition) is 2. The fourth-order valence-corrected chi connectivity index (χ4v) is 5.68. The Bertz CT molecular complexity index is 1080. The van der Waals surface area contributed by atoms with E-state index in [4.69, 9.17) is 24.0 Å². The third kappa shape index (κ3) is 32.1. The lowest BCUT2D eigenvalue weighted by Gasteiger charge is -2.18. The molecule has 0 saturated carbocycles. The van der Waals surface area contributed by atoms with Crippen molar-refractivity contribution in [1.29, 1.82) is 0 Å². The summed E-state index contributed by atoms with van der Waals surface area (Å²) in [5.74, 6) is -0.980. The molecule has 0 aromatic rings. The zero-order valence-electron chi connectivity index (χ0n) is 31.7. The third-order valence-corrected chi connectivity index (χ3v) is 8.90. The molecule has 3 atom stereocenters. The molecule has 1 rings (SSSR count). The van der Waals surface area contributed by atoms with Crippen molar-refractivity contribution in [1.82, 2.24) is 0 Å². The fourth-order valence-electron chi connectivity index (χ4n) is 5.32. The molecular formula is C41H69O9P. The van der Waals surface area contributed by atoms with Gasteiger partial charge in [0.15, 0.2) is 6.10 Å². The van der Waals surface area contributed by atoms with Crippen LogP contribution in [0.15, 0.2) is 60.8 Å². The molecule has 10 heteroatoms. The van der Waals surface area contributed by atoms with Crippen LogP contribution in [0.4, 0.5) is 0 Å². The highest BCUT2D eigenvalue weighted by Crippen LogP contribution is 2.36. The van der Waals surface area contributed by atoms with Crippen LogP contribution in [0.25, 0.3) is 0 Å². The molecule has 1 fully saturated rings. The first kappa shape index (κ1) is 46.7. The number of unbranched alkanes of at least 4 members (excludes halogenated alkanes) is 12. The van der Waals surface area contributed by atoms with E-state index in [2.05, 4.69) is 73.1 Å². The van der Waals surface area contributed by atoms with E-state index in [0.29, 0.717) is 19.3 Å². The molecule has 1 saturated heterocycles. The lowest BCUT2D eigenvalue weighted by atomic mass is 10.1. The predicted molar refractivity (Wildman–Crippen MR) is 206 cm³/mol. The number of hydrogen-bond acceptors (Lipinski definition) is 7. The summed E-state index contributed by atoms with van der Waals surface area (Å²) in [6, 6.07) is 0. The van der Waals surface area contributed by atoms with Gasteiger partial charge in [0.2, 0.25) is 0 Å². The van der Waals surface area contributed by atoms with Gasteiger partial charge in [0.05, 0.1) is 18.8 Å². The normalized spacial score (nSPS) is 17.1. The summed E-state index contributed by atoms with van der Waals surface area (Å²) in [4.78, 5) is 42.8. The molecule has 0 aromatic carbocycles. The summed E-state index contributed by atoms with van der Waals surface area (Å²) in [7, 11) is -4.78. The molecule has 0 radical (unpaired) electrons. The van der Waals surface area contributed by atoms with Gasteiger partial charge < -0.3 is 24.0 Å². The number of rotatable bonds is 34. The van der Waals surface area contributed by atoms with E-state index in [9.17, 15) is 14.2 Å². The van der Waals surface area contributed by atoms with E-state index in [1.165, 1.54) is 38.5 Å². The van der Waals surface area contributed by atoms with Crippen molar-refractivity contribution < 1.29 is 42.7 Å². The Balaban J connectivity index is 2.15. The Labute approximate surface area is 309 Å². The highest BCUT2D eigenvalue weighted by Gasteiger charge is 2.36. The average Bonchev–Trinajstić information content (AvgIpc) is 3.85. The summed E-state index contributed by atoms with van der Waals surface area (Å²) in [5, 5.41) is 0. The van der Waals surface area contributed by atoms with Crippen molar-refractivity contribution in [3.63, 3.8) is 0 Å². The zero-order valence-corrected chi connectivity index (χ0v) is 32.6. The average molecular weight is 737 g/mol. The van der Waals surface area contributed by atoms with Crippen LogP contribution >= 0.6 is 7.82 Å². The minimum atomic E-state index is -4.78. The molecular weight excluding hydrogens is 667 g/mol. The van der Waals surface area contributed by atoms with E-state index in [-0.39, 0.29) is 31.7 Å². The van der Waals surface area contributed by atoms with Crippen LogP contribution in [0.5, 0.6) is 0 Å². The van der Waals surface area contributed by atoms with Crippen molar-refractivity contribution >= 4 is 19.8 Å². The van der Waals surface area contributed by atoms with Crippen molar-refractivity contribution in [3.8, 4) is 0 Å². The third-order valence-electron chi connectivity index (χ3n) is 8.41. The van der Waals surface area contributed by atoms with Gasteiger partial charge in [-0.25, -0.2) is 4.57 Å². The number of phosphoric ester groups is 1. The van der Waals surface area contributed by atoms with Gasteiger partial charge in [0, 0.05) is 12.8 Å². The molecule has 0 amide bonds. The van der Waals surface area contributed by atoms with Crippen molar-refractivity contribution in [2.24, 2.45) is 0 Å². The van der Waals surface area contributed by atoms with Crippen LogP contribution in [0.2, 0.25) is 0 Å². The first-order valence-electron chi connectivity index (χ1n) is 19.7. The summed E-state index contributed by atoms with van der Waals surface area (Å²) in [6.07, 6.45) is 42.5. The molecule has 51 heavy (non-hydrogen) atoms. The number of epoxide rings is 1. The topological polar surface area (TPSA) is 132 Å². The monoisotopic (exact) mass is 736 g/mol. The maximum Gasteiger partial charge on any atom is 0.469 e. The Morgan fingerprint density at radius 3 is 1.67 bits per heavy atom. The van der Waals surface area contributed by atoms with E-state index >= 15 is 0 Å². The minimum absolute atomic E-state index is 0.177. The number of phosphoric acid groups is 1.